The highest BCUT2D eigenvalue weighted by Crippen LogP contribution is 2.33. The van der Waals surface area contributed by atoms with Crippen molar-refractivity contribution in [3.05, 3.63) is 18.2 Å². The second-order valence-corrected chi connectivity index (χ2v) is 5.73. The van der Waals surface area contributed by atoms with Gasteiger partial charge in [0.05, 0.1) is 5.69 Å². The van der Waals surface area contributed by atoms with Gasteiger partial charge in [-0.05, 0) is 37.5 Å². The normalized spacial score (nSPS) is 17.3. The maximum Gasteiger partial charge on any atom is 0.313 e. The zero-order valence-electron chi connectivity index (χ0n) is 13.0. The predicted molar refractivity (Wildman–Crippen MR) is 84.4 cm³/mol. The molecule has 23 heavy (non-hydrogen) atoms. The van der Waals surface area contributed by atoms with Crippen LogP contribution in [0.4, 0.5) is 11.4 Å². The van der Waals surface area contributed by atoms with E-state index in [1.54, 1.807) is 30.1 Å². The summed E-state index contributed by atoms with van der Waals surface area (Å²) in [6.07, 6.45) is 2.96. The Kier molecular flexibility index (Phi) is 4.18. The van der Waals surface area contributed by atoms with Crippen LogP contribution in [0.1, 0.15) is 19.3 Å². The Bertz CT molecular complexity index is 653. The average molecular weight is 317 g/mol. The minimum absolute atomic E-state index is 0.00263. The van der Waals surface area contributed by atoms with Crippen molar-refractivity contribution in [2.24, 2.45) is 0 Å². The van der Waals surface area contributed by atoms with Crippen molar-refractivity contribution in [2.45, 2.75) is 19.3 Å². The number of anilines is 2. The number of piperidine rings is 1. The topological polar surface area (TPSA) is 79.0 Å². The molecule has 3 amide bonds. The zero-order chi connectivity index (χ0) is 16.4. The largest absolute Gasteiger partial charge is 0.482 e. The number of carbonyl (C=O) groups excluding carboxylic acids is 3. The fourth-order valence-electron chi connectivity index (χ4n) is 2.78. The van der Waals surface area contributed by atoms with E-state index in [2.05, 4.69) is 5.32 Å². The average Bonchev–Trinajstić information content (AvgIpc) is 2.58. The Hall–Kier alpha value is -2.57. The van der Waals surface area contributed by atoms with E-state index in [1.807, 2.05) is 0 Å². The van der Waals surface area contributed by atoms with Crippen LogP contribution in [0, 0.1) is 0 Å². The molecule has 1 N–H and O–H groups in total. The van der Waals surface area contributed by atoms with Crippen LogP contribution < -0.4 is 15.0 Å². The second kappa shape index (κ2) is 6.28. The SMILES string of the molecule is CN1C(=O)COc2ccc(NC(=O)C(=O)N3CCCCC3)cc21. The van der Waals surface area contributed by atoms with Crippen LogP contribution in [-0.4, -0.2) is 49.4 Å². The first-order valence-electron chi connectivity index (χ1n) is 7.70. The van der Waals surface area contributed by atoms with E-state index in [0.717, 1.165) is 19.3 Å². The molecule has 1 aromatic carbocycles. The number of carbonyl (C=O) groups is 3. The van der Waals surface area contributed by atoms with Crippen molar-refractivity contribution in [1.29, 1.82) is 0 Å². The fourth-order valence-corrected chi connectivity index (χ4v) is 2.78. The molecule has 2 aliphatic rings. The minimum Gasteiger partial charge on any atom is -0.482 e. The number of benzene rings is 1. The van der Waals surface area contributed by atoms with Gasteiger partial charge in [-0.25, -0.2) is 0 Å². The standard InChI is InChI=1S/C16H19N3O4/c1-18-12-9-11(5-6-13(12)23-10-14(18)20)17-15(21)16(22)19-7-3-2-4-8-19/h5-6,9H,2-4,7-8,10H2,1H3,(H,17,21). The number of hydrogen-bond donors (Lipinski definition) is 1. The van der Waals surface area contributed by atoms with E-state index in [9.17, 15) is 14.4 Å². The van der Waals surface area contributed by atoms with Crippen LogP contribution in [0.3, 0.4) is 0 Å². The van der Waals surface area contributed by atoms with Crippen molar-refractivity contribution >= 4 is 29.1 Å². The third kappa shape index (κ3) is 3.13. The number of fused-ring (bicyclic) bond motifs is 1. The van der Waals surface area contributed by atoms with Crippen LogP contribution in [0.5, 0.6) is 5.75 Å². The van der Waals surface area contributed by atoms with Crippen molar-refractivity contribution in [2.75, 3.05) is 37.0 Å². The molecule has 0 radical (unpaired) electrons. The van der Waals surface area contributed by atoms with Gasteiger partial charge in [-0.3, -0.25) is 14.4 Å². The van der Waals surface area contributed by atoms with Gasteiger partial charge in [-0.2, -0.15) is 0 Å². The van der Waals surface area contributed by atoms with E-state index in [1.165, 1.54) is 4.90 Å². The minimum atomic E-state index is -0.655. The smallest absolute Gasteiger partial charge is 0.313 e. The molecule has 2 heterocycles. The summed E-state index contributed by atoms with van der Waals surface area (Å²) in [5, 5.41) is 2.60. The number of rotatable bonds is 1. The summed E-state index contributed by atoms with van der Waals surface area (Å²) in [5.41, 5.74) is 1.04. The van der Waals surface area contributed by atoms with Gasteiger partial charge in [-0.15, -0.1) is 0 Å². The van der Waals surface area contributed by atoms with Crippen LogP contribution in [0.15, 0.2) is 18.2 Å². The summed E-state index contributed by atoms with van der Waals surface area (Å²) in [5.74, 6) is -0.751. The zero-order valence-corrected chi connectivity index (χ0v) is 13.0. The lowest BCUT2D eigenvalue weighted by Gasteiger charge is -2.27. The predicted octanol–water partition coefficient (Wildman–Crippen LogP) is 0.993. The van der Waals surface area contributed by atoms with Crippen molar-refractivity contribution in [1.82, 2.24) is 4.90 Å². The van der Waals surface area contributed by atoms with E-state index in [0.29, 0.717) is 30.2 Å². The molecule has 7 heteroatoms. The van der Waals surface area contributed by atoms with Crippen LogP contribution in [0.25, 0.3) is 0 Å². The van der Waals surface area contributed by atoms with Crippen LogP contribution in [-0.2, 0) is 14.4 Å². The van der Waals surface area contributed by atoms with Gasteiger partial charge < -0.3 is 19.9 Å². The van der Waals surface area contributed by atoms with E-state index in [-0.39, 0.29) is 12.5 Å². The Balaban J connectivity index is 1.71. The molecule has 0 saturated carbocycles. The van der Waals surface area contributed by atoms with Crippen LogP contribution >= 0.6 is 0 Å². The van der Waals surface area contributed by atoms with Crippen LogP contribution in [0.2, 0.25) is 0 Å². The lowest BCUT2D eigenvalue weighted by atomic mass is 10.1. The summed E-state index contributed by atoms with van der Waals surface area (Å²) in [6.45, 7) is 1.26. The third-order valence-electron chi connectivity index (χ3n) is 4.14. The first kappa shape index (κ1) is 15.3. The van der Waals surface area contributed by atoms with Crippen molar-refractivity contribution < 1.29 is 19.1 Å². The monoisotopic (exact) mass is 317 g/mol. The van der Waals surface area contributed by atoms with Gasteiger partial charge in [0.15, 0.2) is 6.61 Å². The van der Waals surface area contributed by atoms with Crippen molar-refractivity contribution in [3.63, 3.8) is 0 Å². The van der Waals surface area contributed by atoms with Crippen molar-refractivity contribution in [3.8, 4) is 5.75 Å². The molecular weight excluding hydrogens is 298 g/mol. The molecule has 0 spiro atoms. The lowest BCUT2D eigenvalue weighted by Crippen LogP contribution is -2.42. The Morgan fingerprint density at radius 1 is 1.17 bits per heavy atom. The molecular formula is C16H19N3O4. The number of amides is 3. The molecule has 1 saturated heterocycles. The quantitative estimate of drug-likeness (QED) is 0.784. The molecule has 0 atom stereocenters. The molecule has 0 aliphatic carbocycles. The molecule has 1 aromatic rings. The van der Waals surface area contributed by atoms with Gasteiger partial charge in [0.1, 0.15) is 5.75 Å². The third-order valence-corrected chi connectivity index (χ3v) is 4.14. The van der Waals surface area contributed by atoms with E-state index >= 15 is 0 Å². The lowest BCUT2D eigenvalue weighted by molar-refractivity contribution is -0.143. The first-order valence-corrected chi connectivity index (χ1v) is 7.70. The molecule has 0 aromatic heterocycles. The van der Waals surface area contributed by atoms with E-state index in [4.69, 9.17) is 4.74 Å². The summed E-state index contributed by atoms with van der Waals surface area (Å²) in [6, 6.07) is 4.97. The molecule has 1 fully saturated rings. The molecule has 0 unspecified atom stereocenters. The van der Waals surface area contributed by atoms with Gasteiger partial charge in [0.25, 0.3) is 5.91 Å². The number of hydrogen-bond acceptors (Lipinski definition) is 4. The summed E-state index contributed by atoms with van der Waals surface area (Å²) in [7, 11) is 1.65. The first-order chi connectivity index (χ1) is 11.1. The highest BCUT2D eigenvalue weighted by Gasteiger charge is 2.25. The van der Waals surface area contributed by atoms with Gasteiger partial charge >= 0.3 is 11.8 Å². The number of likely N-dealkylation sites (tertiary alicyclic amines) is 1. The summed E-state index contributed by atoms with van der Waals surface area (Å²) >= 11 is 0. The molecule has 2 aliphatic heterocycles. The van der Waals surface area contributed by atoms with Gasteiger partial charge in [0, 0.05) is 25.8 Å². The molecule has 7 nitrogen and oxygen atoms in total. The molecule has 0 bridgehead atoms. The van der Waals surface area contributed by atoms with E-state index < -0.39 is 11.8 Å². The Morgan fingerprint density at radius 3 is 2.65 bits per heavy atom. The van der Waals surface area contributed by atoms with Gasteiger partial charge in [0.2, 0.25) is 0 Å². The summed E-state index contributed by atoms with van der Waals surface area (Å²) < 4.78 is 5.33. The van der Waals surface area contributed by atoms with Gasteiger partial charge in [-0.1, -0.05) is 0 Å². The highest BCUT2D eigenvalue weighted by molar-refractivity contribution is 6.39. The number of nitrogens with zero attached hydrogens (tertiary/aromatic N) is 2. The Labute approximate surface area is 134 Å². The maximum absolute atomic E-state index is 12.1. The molecule has 122 valence electrons. The fraction of sp³-hybridized carbons (Fsp3) is 0.438. The maximum atomic E-state index is 12.1. The Morgan fingerprint density at radius 2 is 1.91 bits per heavy atom. The highest BCUT2D eigenvalue weighted by atomic mass is 16.5. The second-order valence-electron chi connectivity index (χ2n) is 5.73. The number of nitrogens with one attached hydrogen (secondary N) is 1. The molecule has 3 rings (SSSR count). The summed E-state index contributed by atoms with van der Waals surface area (Å²) in [4.78, 5) is 39.0. The number of ether oxygens (including phenoxy) is 1. The number of likely N-dealkylation sites (N-methyl/N-ethyl adjacent to an activating group) is 1.